The van der Waals surface area contributed by atoms with Gasteiger partial charge in [0, 0.05) is 36.8 Å². The first-order chi connectivity index (χ1) is 21.6. The van der Waals surface area contributed by atoms with Crippen molar-refractivity contribution < 1.29 is 23.9 Å². The monoisotopic (exact) mass is 615 g/mol. The second kappa shape index (κ2) is 17.6. The number of carbonyl (C=O) groups excluding carboxylic acids is 4. The number of nitrogens with one attached hydrogen (secondary N) is 5. The molecule has 0 aliphatic carbocycles. The maximum Gasteiger partial charge on any atom is 0.251 e. The SMILES string of the molecule is CCNC(=O)[C@@H](NC(=O)[C@H](C)NC[C@H](Cc1ccccc1)NC(=O)c1cccc(C(=O)NCc2cccc(OC)c2)c1)C(C)C. The van der Waals surface area contributed by atoms with Crippen LogP contribution in [0.15, 0.2) is 78.9 Å². The summed E-state index contributed by atoms with van der Waals surface area (Å²) in [6.07, 6.45) is 0.516. The van der Waals surface area contributed by atoms with E-state index >= 15 is 0 Å². The van der Waals surface area contributed by atoms with E-state index in [1.54, 1.807) is 38.3 Å². The highest BCUT2D eigenvalue weighted by atomic mass is 16.5. The van der Waals surface area contributed by atoms with E-state index in [0.29, 0.717) is 42.9 Å². The summed E-state index contributed by atoms with van der Waals surface area (Å²) in [4.78, 5) is 51.7. The van der Waals surface area contributed by atoms with Gasteiger partial charge in [0.1, 0.15) is 11.8 Å². The van der Waals surface area contributed by atoms with E-state index in [2.05, 4.69) is 26.6 Å². The molecule has 0 fully saturated rings. The van der Waals surface area contributed by atoms with Gasteiger partial charge in [-0.3, -0.25) is 19.2 Å². The number of benzene rings is 3. The summed E-state index contributed by atoms with van der Waals surface area (Å²) in [6, 6.07) is 22.1. The van der Waals surface area contributed by atoms with Crippen molar-refractivity contribution in [2.45, 2.75) is 58.8 Å². The van der Waals surface area contributed by atoms with Crippen molar-refractivity contribution in [2.75, 3.05) is 20.2 Å². The molecule has 0 saturated carbocycles. The minimum Gasteiger partial charge on any atom is -0.497 e. The van der Waals surface area contributed by atoms with Crippen molar-refractivity contribution in [1.29, 1.82) is 0 Å². The zero-order valence-corrected chi connectivity index (χ0v) is 26.7. The number of likely N-dealkylation sites (N-methyl/N-ethyl adjacent to an activating group) is 1. The van der Waals surface area contributed by atoms with Gasteiger partial charge in [-0.2, -0.15) is 0 Å². The Hall–Kier alpha value is -4.70. The molecule has 3 aromatic carbocycles. The average Bonchev–Trinajstić information content (AvgIpc) is 3.05. The van der Waals surface area contributed by atoms with E-state index in [-0.39, 0.29) is 35.6 Å². The summed E-state index contributed by atoms with van der Waals surface area (Å²) >= 11 is 0. The van der Waals surface area contributed by atoms with Gasteiger partial charge in [0.25, 0.3) is 11.8 Å². The number of methoxy groups -OCH3 is 1. The first-order valence-electron chi connectivity index (χ1n) is 15.3. The second-order valence-corrected chi connectivity index (χ2v) is 11.2. The first-order valence-corrected chi connectivity index (χ1v) is 15.3. The van der Waals surface area contributed by atoms with Gasteiger partial charge in [0.2, 0.25) is 11.8 Å². The van der Waals surface area contributed by atoms with Gasteiger partial charge in [0.05, 0.1) is 13.2 Å². The lowest BCUT2D eigenvalue weighted by atomic mass is 10.0. The quantitative estimate of drug-likeness (QED) is 0.168. The van der Waals surface area contributed by atoms with Crippen LogP contribution in [0.4, 0.5) is 0 Å². The van der Waals surface area contributed by atoms with E-state index in [4.69, 9.17) is 4.74 Å². The summed E-state index contributed by atoms with van der Waals surface area (Å²) in [5.41, 5.74) is 2.61. The number of hydrogen-bond acceptors (Lipinski definition) is 6. The van der Waals surface area contributed by atoms with Gasteiger partial charge in [-0.15, -0.1) is 0 Å². The molecule has 5 N–H and O–H groups in total. The van der Waals surface area contributed by atoms with Crippen molar-refractivity contribution in [1.82, 2.24) is 26.6 Å². The number of carbonyl (C=O) groups is 4. The van der Waals surface area contributed by atoms with E-state index < -0.39 is 12.1 Å². The molecule has 10 nitrogen and oxygen atoms in total. The molecule has 10 heteroatoms. The third-order valence-electron chi connectivity index (χ3n) is 7.30. The fraction of sp³-hybridized carbons (Fsp3) is 0.371. The van der Waals surface area contributed by atoms with Crippen LogP contribution in [0.5, 0.6) is 5.75 Å². The van der Waals surface area contributed by atoms with Gasteiger partial charge in [-0.1, -0.05) is 62.4 Å². The summed E-state index contributed by atoms with van der Waals surface area (Å²) in [5.74, 6) is -0.557. The predicted molar refractivity (Wildman–Crippen MR) is 175 cm³/mol. The topological polar surface area (TPSA) is 138 Å². The molecule has 0 unspecified atom stereocenters. The molecule has 0 spiro atoms. The Labute approximate surface area is 265 Å². The minimum atomic E-state index is -0.651. The third kappa shape index (κ3) is 11.1. The molecule has 0 saturated heterocycles. The Morgan fingerprint density at radius 3 is 2.07 bits per heavy atom. The minimum absolute atomic E-state index is 0.0856. The number of hydrogen-bond donors (Lipinski definition) is 5. The van der Waals surface area contributed by atoms with Crippen LogP contribution in [0, 0.1) is 5.92 Å². The lowest BCUT2D eigenvalue weighted by molar-refractivity contribution is -0.130. The van der Waals surface area contributed by atoms with Crippen molar-refractivity contribution >= 4 is 23.6 Å². The summed E-state index contributed by atoms with van der Waals surface area (Å²) in [5, 5.41) is 14.8. The molecule has 0 heterocycles. The molecular weight excluding hydrogens is 570 g/mol. The Morgan fingerprint density at radius 1 is 0.733 bits per heavy atom. The summed E-state index contributed by atoms with van der Waals surface area (Å²) in [6.45, 7) is 8.39. The largest absolute Gasteiger partial charge is 0.497 e. The Balaban J connectivity index is 1.66. The van der Waals surface area contributed by atoms with E-state index in [9.17, 15) is 19.2 Å². The lowest BCUT2D eigenvalue weighted by Gasteiger charge is -2.25. The Kier molecular flexibility index (Phi) is 13.6. The maximum absolute atomic E-state index is 13.4. The molecule has 45 heavy (non-hydrogen) atoms. The summed E-state index contributed by atoms with van der Waals surface area (Å²) in [7, 11) is 1.59. The summed E-state index contributed by atoms with van der Waals surface area (Å²) < 4.78 is 5.24. The molecule has 0 aromatic heterocycles. The van der Waals surface area contributed by atoms with Gasteiger partial charge in [0.15, 0.2) is 0 Å². The van der Waals surface area contributed by atoms with Crippen LogP contribution in [0.1, 0.15) is 59.5 Å². The Morgan fingerprint density at radius 2 is 1.40 bits per heavy atom. The molecule has 3 atom stereocenters. The van der Waals surface area contributed by atoms with Crippen LogP contribution in [-0.4, -0.2) is 62.0 Å². The van der Waals surface area contributed by atoms with E-state index in [1.807, 2.05) is 75.4 Å². The molecule has 0 aliphatic rings. The highest BCUT2D eigenvalue weighted by Gasteiger charge is 2.26. The van der Waals surface area contributed by atoms with Gasteiger partial charge in [-0.05, 0) is 67.6 Å². The smallest absolute Gasteiger partial charge is 0.251 e. The van der Waals surface area contributed by atoms with Crippen molar-refractivity contribution in [3.8, 4) is 5.75 Å². The normalized spacial score (nSPS) is 12.8. The van der Waals surface area contributed by atoms with Crippen molar-refractivity contribution in [2.24, 2.45) is 5.92 Å². The molecule has 0 bridgehead atoms. The molecular formula is C35H45N5O5. The van der Waals surface area contributed by atoms with Crippen LogP contribution in [0.2, 0.25) is 0 Å². The molecule has 3 rings (SSSR count). The lowest BCUT2D eigenvalue weighted by Crippen LogP contribution is -2.55. The molecule has 0 radical (unpaired) electrons. The zero-order chi connectivity index (χ0) is 32.8. The number of rotatable bonds is 16. The second-order valence-electron chi connectivity index (χ2n) is 11.2. The van der Waals surface area contributed by atoms with E-state index in [0.717, 1.165) is 11.1 Å². The van der Waals surface area contributed by atoms with Crippen LogP contribution in [0.3, 0.4) is 0 Å². The van der Waals surface area contributed by atoms with Crippen molar-refractivity contribution in [3.05, 3.63) is 101 Å². The molecule has 3 aromatic rings. The van der Waals surface area contributed by atoms with Crippen LogP contribution in [0.25, 0.3) is 0 Å². The van der Waals surface area contributed by atoms with Crippen molar-refractivity contribution in [3.63, 3.8) is 0 Å². The van der Waals surface area contributed by atoms with Crippen LogP contribution >= 0.6 is 0 Å². The maximum atomic E-state index is 13.4. The standard InChI is InChI=1S/C35H45N5O5/c1-6-36-35(44)31(23(2)3)40-32(41)24(4)37-22-29(18-25-12-8-7-9-13-25)39-34(43)28-16-11-15-27(20-28)33(42)38-21-26-14-10-17-30(19-26)45-5/h7-17,19-20,23-24,29,31,37H,6,18,21-22H2,1-5H3,(H,36,44)(H,38,42)(H,39,43)(H,40,41)/t24-,29-,31-/m0/s1. The number of ether oxygens (including phenoxy) is 1. The molecule has 0 aliphatic heterocycles. The molecule has 240 valence electrons. The highest BCUT2D eigenvalue weighted by molar-refractivity contribution is 5.99. The van der Waals surface area contributed by atoms with E-state index in [1.165, 1.54) is 0 Å². The van der Waals surface area contributed by atoms with Crippen LogP contribution < -0.4 is 31.3 Å². The number of amides is 4. The first kappa shape index (κ1) is 34.8. The average molecular weight is 616 g/mol. The van der Waals surface area contributed by atoms with Gasteiger partial charge < -0.3 is 31.3 Å². The van der Waals surface area contributed by atoms with Crippen LogP contribution in [-0.2, 0) is 22.6 Å². The highest BCUT2D eigenvalue weighted by Crippen LogP contribution is 2.13. The Bertz CT molecular complexity index is 1430. The van der Waals surface area contributed by atoms with Gasteiger partial charge in [-0.25, -0.2) is 0 Å². The molecule has 4 amide bonds. The zero-order valence-electron chi connectivity index (χ0n) is 26.7. The third-order valence-corrected chi connectivity index (χ3v) is 7.30. The van der Waals surface area contributed by atoms with Gasteiger partial charge >= 0.3 is 0 Å². The fourth-order valence-corrected chi connectivity index (χ4v) is 4.72. The fourth-order valence-electron chi connectivity index (χ4n) is 4.72. The predicted octanol–water partition coefficient (Wildman–Crippen LogP) is 3.22.